The van der Waals surface area contributed by atoms with Gasteiger partial charge in [-0.3, -0.25) is 4.90 Å². The number of nitrogens with zero attached hydrogens (tertiary/aromatic N) is 1. The van der Waals surface area contributed by atoms with Crippen molar-refractivity contribution in [1.82, 2.24) is 4.90 Å². The van der Waals surface area contributed by atoms with E-state index in [9.17, 15) is 0 Å². The maximum absolute atomic E-state index is 5.86. The average Bonchev–Trinajstić information content (AvgIpc) is 2.03. The standard InChI is InChI=1S/C10H22N2S/c1-9(7-13-3)12(2)10(8-11)5-4-6-10/h9H,4-8,11H2,1-3H3. The predicted octanol–water partition coefficient (Wildman–Crippen LogP) is 1.55. The molecule has 0 aliphatic heterocycles. The van der Waals surface area contributed by atoms with Crippen molar-refractivity contribution in [1.29, 1.82) is 0 Å². The highest BCUT2D eigenvalue weighted by Crippen LogP contribution is 2.37. The molecule has 1 atom stereocenters. The van der Waals surface area contributed by atoms with Gasteiger partial charge in [0.15, 0.2) is 0 Å². The van der Waals surface area contributed by atoms with E-state index in [1.807, 2.05) is 11.8 Å². The Labute approximate surface area is 86.2 Å². The van der Waals surface area contributed by atoms with Crippen LogP contribution in [-0.2, 0) is 0 Å². The first-order valence-electron chi connectivity index (χ1n) is 5.08. The number of thioether (sulfide) groups is 1. The summed E-state index contributed by atoms with van der Waals surface area (Å²) in [7, 11) is 2.23. The van der Waals surface area contributed by atoms with Crippen molar-refractivity contribution < 1.29 is 0 Å². The average molecular weight is 202 g/mol. The molecule has 1 rings (SSSR count). The predicted molar refractivity (Wildman–Crippen MR) is 61.2 cm³/mol. The van der Waals surface area contributed by atoms with Crippen LogP contribution in [0.3, 0.4) is 0 Å². The number of hydrogen-bond acceptors (Lipinski definition) is 3. The number of hydrogen-bond donors (Lipinski definition) is 1. The smallest absolute Gasteiger partial charge is 0.0331 e. The van der Waals surface area contributed by atoms with Crippen molar-refractivity contribution in [2.75, 3.05) is 25.6 Å². The van der Waals surface area contributed by atoms with Crippen LogP contribution in [0.25, 0.3) is 0 Å². The molecular formula is C10H22N2S. The topological polar surface area (TPSA) is 29.3 Å². The van der Waals surface area contributed by atoms with Crippen LogP contribution >= 0.6 is 11.8 Å². The summed E-state index contributed by atoms with van der Waals surface area (Å²) in [6.45, 7) is 3.12. The summed E-state index contributed by atoms with van der Waals surface area (Å²) in [5.74, 6) is 1.21. The van der Waals surface area contributed by atoms with Crippen molar-refractivity contribution >= 4 is 11.8 Å². The van der Waals surface area contributed by atoms with Gasteiger partial charge in [0.1, 0.15) is 0 Å². The number of likely N-dealkylation sites (N-methyl/N-ethyl adjacent to an activating group) is 1. The van der Waals surface area contributed by atoms with Gasteiger partial charge in [0.05, 0.1) is 0 Å². The first-order valence-corrected chi connectivity index (χ1v) is 6.47. The van der Waals surface area contributed by atoms with Gasteiger partial charge < -0.3 is 5.73 Å². The summed E-state index contributed by atoms with van der Waals surface area (Å²) < 4.78 is 0. The zero-order chi connectivity index (χ0) is 9.90. The van der Waals surface area contributed by atoms with Gasteiger partial charge in [-0.15, -0.1) is 0 Å². The minimum Gasteiger partial charge on any atom is -0.329 e. The van der Waals surface area contributed by atoms with E-state index in [4.69, 9.17) is 5.73 Å². The second kappa shape index (κ2) is 4.67. The zero-order valence-corrected chi connectivity index (χ0v) is 9.86. The molecule has 1 aliphatic rings. The zero-order valence-electron chi connectivity index (χ0n) is 9.05. The van der Waals surface area contributed by atoms with Gasteiger partial charge in [0, 0.05) is 23.9 Å². The van der Waals surface area contributed by atoms with Gasteiger partial charge in [-0.2, -0.15) is 11.8 Å². The van der Waals surface area contributed by atoms with Crippen molar-refractivity contribution in [3.05, 3.63) is 0 Å². The van der Waals surface area contributed by atoms with Gasteiger partial charge in [-0.25, -0.2) is 0 Å². The summed E-state index contributed by atoms with van der Waals surface area (Å²) in [6, 6.07) is 0.652. The SMILES string of the molecule is CSCC(C)N(C)C1(CN)CCC1. The highest BCUT2D eigenvalue weighted by Gasteiger charge is 2.40. The lowest BCUT2D eigenvalue weighted by Gasteiger charge is -2.50. The van der Waals surface area contributed by atoms with Gasteiger partial charge >= 0.3 is 0 Å². The Morgan fingerprint density at radius 1 is 1.54 bits per heavy atom. The van der Waals surface area contributed by atoms with E-state index in [-0.39, 0.29) is 0 Å². The normalized spacial score (nSPS) is 22.8. The van der Waals surface area contributed by atoms with Crippen LogP contribution < -0.4 is 5.73 Å². The van der Waals surface area contributed by atoms with Gasteiger partial charge in [-0.1, -0.05) is 0 Å². The van der Waals surface area contributed by atoms with Gasteiger partial charge in [-0.05, 0) is 39.5 Å². The van der Waals surface area contributed by atoms with Crippen LogP contribution in [0.5, 0.6) is 0 Å². The third kappa shape index (κ3) is 2.20. The largest absolute Gasteiger partial charge is 0.329 e. The lowest BCUT2D eigenvalue weighted by atomic mass is 9.75. The molecule has 0 radical (unpaired) electrons. The monoisotopic (exact) mass is 202 g/mol. The van der Waals surface area contributed by atoms with Crippen molar-refractivity contribution in [2.45, 2.75) is 37.8 Å². The minimum atomic E-state index is 0.342. The first kappa shape index (κ1) is 11.3. The van der Waals surface area contributed by atoms with E-state index in [1.54, 1.807) is 0 Å². The van der Waals surface area contributed by atoms with E-state index < -0.39 is 0 Å². The summed E-state index contributed by atoms with van der Waals surface area (Å²) >= 11 is 1.92. The van der Waals surface area contributed by atoms with E-state index in [1.165, 1.54) is 25.0 Å². The molecule has 0 amide bonds. The van der Waals surface area contributed by atoms with Gasteiger partial charge in [0.25, 0.3) is 0 Å². The molecule has 2 N–H and O–H groups in total. The fourth-order valence-corrected chi connectivity index (χ4v) is 2.81. The lowest BCUT2D eigenvalue weighted by molar-refractivity contribution is 0.0239. The van der Waals surface area contributed by atoms with Crippen molar-refractivity contribution in [3.63, 3.8) is 0 Å². The fraction of sp³-hybridized carbons (Fsp3) is 1.00. The van der Waals surface area contributed by atoms with Crippen LogP contribution in [0, 0.1) is 0 Å². The molecule has 0 aromatic rings. The molecule has 0 bridgehead atoms. The molecule has 13 heavy (non-hydrogen) atoms. The Kier molecular flexibility index (Phi) is 4.07. The third-order valence-corrected chi connectivity index (χ3v) is 4.30. The highest BCUT2D eigenvalue weighted by molar-refractivity contribution is 7.98. The molecule has 0 aromatic carbocycles. The van der Waals surface area contributed by atoms with Crippen molar-refractivity contribution in [2.24, 2.45) is 5.73 Å². The molecule has 1 unspecified atom stereocenters. The first-order chi connectivity index (χ1) is 6.16. The molecule has 0 saturated heterocycles. The van der Waals surface area contributed by atoms with Crippen LogP contribution in [0.4, 0.5) is 0 Å². The summed E-state index contributed by atoms with van der Waals surface area (Å²) in [6.07, 6.45) is 6.10. The second-order valence-electron chi connectivity index (χ2n) is 4.20. The van der Waals surface area contributed by atoms with Crippen LogP contribution in [0.1, 0.15) is 26.2 Å². The second-order valence-corrected chi connectivity index (χ2v) is 5.11. The summed E-state index contributed by atoms with van der Waals surface area (Å²) in [5, 5.41) is 0. The highest BCUT2D eigenvalue weighted by atomic mass is 32.2. The van der Waals surface area contributed by atoms with Gasteiger partial charge in [0.2, 0.25) is 0 Å². The van der Waals surface area contributed by atoms with Crippen molar-refractivity contribution in [3.8, 4) is 0 Å². The molecule has 0 heterocycles. The van der Waals surface area contributed by atoms with E-state index in [2.05, 4.69) is 25.1 Å². The summed E-state index contributed by atoms with van der Waals surface area (Å²) in [5.41, 5.74) is 6.20. The maximum atomic E-state index is 5.86. The molecule has 3 heteroatoms. The minimum absolute atomic E-state index is 0.342. The molecule has 1 aliphatic carbocycles. The van der Waals surface area contributed by atoms with E-state index in [0.29, 0.717) is 11.6 Å². The third-order valence-electron chi connectivity index (χ3n) is 3.48. The lowest BCUT2D eigenvalue weighted by Crippen LogP contribution is -2.59. The summed E-state index contributed by atoms with van der Waals surface area (Å²) in [4.78, 5) is 2.49. The quantitative estimate of drug-likeness (QED) is 0.733. The Morgan fingerprint density at radius 2 is 2.15 bits per heavy atom. The molecule has 78 valence electrons. The van der Waals surface area contributed by atoms with Crippen LogP contribution in [0.15, 0.2) is 0 Å². The van der Waals surface area contributed by atoms with E-state index in [0.717, 1.165) is 6.54 Å². The molecule has 0 spiro atoms. The Morgan fingerprint density at radius 3 is 2.46 bits per heavy atom. The molecule has 0 aromatic heterocycles. The fourth-order valence-electron chi connectivity index (χ4n) is 2.11. The molecule has 1 fully saturated rings. The molecule has 2 nitrogen and oxygen atoms in total. The maximum Gasteiger partial charge on any atom is 0.0331 e. The number of nitrogens with two attached hydrogens (primary N) is 1. The molecule has 1 saturated carbocycles. The molecular weight excluding hydrogens is 180 g/mol. The number of rotatable bonds is 5. The van der Waals surface area contributed by atoms with Crippen LogP contribution in [-0.4, -0.2) is 42.1 Å². The Hall–Kier alpha value is 0.270. The van der Waals surface area contributed by atoms with E-state index >= 15 is 0 Å². The Balaban J connectivity index is 2.48. The Bertz CT molecular complexity index is 151. The van der Waals surface area contributed by atoms with Crippen LogP contribution in [0.2, 0.25) is 0 Å².